The van der Waals surface area contributed by atoms with E-state index >= 15 is 0 Å². The van der Waals surface area contributed by atoms with Crippen molar-refractivity contribution >= 4 is 22.5 Å². The molecule has 1 amide bonds. The zero-order chi connectivity index (χ0) is 19.7. The molecular weight excluding hydrogens is 367 g/mol. The van der Waals surface area contributed by atoms with Gasteiger partial charge in [0.15, 0.2) is 11.9 Å². The van der Waals surface area contributed by atoms with E-state index in [9.17, 15) is 14.3 Å². The Morgan fingerprint density at radius 1 is 1.43 bits per heavy atom. The SMILES string of the molecule is Cn1nc(OC2CCOC[C@H]2F)c2ccc(NC(=O)c3ncccc3O)cc21. The summed E-state index contributed by atoms with van der Waals surface area (Å²) in [4.78, 5) is 16.2. The molecule has 2 atom stereocenters. The van der Waals surface area contributed by atoms with Crippen LogP contribution in [0.3, 0.4) is 0 Å². The third-order valence-corrected chi connectivity index (χ3v) is 4.57. The van der Waals surface area contributed by atoms with Crippen LogP contribution < -0.4 is 10.1 Å². The van der Waals surface area contributed by atoms with Gasteiger partial charge in [-0.3, -0.25) is 9.48 Å². The number of aromatic hydroxyl groups is 1. The van der Waals surface area contributed by atoms with Gasteiger partial charge in [0.1, 0.15) is 11.9 Å². The fourth-order valence-corrected chi connectivity index (χ4v) is 3.11. The fraction of sp³-hybridized carbons (Fsp3) is 0.316. The average Bonchev–Trinajstić information content (AvgIpc) is 2.99. The van der Waals surface area contributed by atoms with Crippen LogP contribution in [-0.2, 0) is 11.8 Å². The number of benzene rings is 1. The van der Waals surface area contributed by atoms with Crippen LogP contribution >= 0.6 is 0 Å². The second-order valence-electron chi connectivity index (χ2n) is 6.52. The lowest BCUT2D eigenvalue weighted by Crippen LogP contribution is -2.37. The Bertz CT molecular complexity index is 1020. The van der Waals surface area contributed by atoms with Gasteiger partial charge >= 0.3 is 0 Å². The third-order valence-electron chi connectivity index (χ3n) is 4.57. The van der Waals surface area contributed by atoms with Crippen LogP contribution in [0, 0.1) is 0 Å². The van der Waals surface area contributed by atoms with Gasteiger partial charge < -0.3 is 19.9 Å². The third kappa shape index (κ3) is 3.48. The summed E-state index contributed by atoms with van der Waals surface area (Å²) in [6, 6.07) is 8.09. The monoisotopic (exact) mass is 386 g/mol. The first-order valence-electron chi connectivity index (χ1n) is 8.83. The Morgan fingerprint density at radius 2 is 2.29 bits per heavy atom. The minimum Gasteiger partial charge on any atom is -0.505 e. The Kier molecular flexibility index (Phi) is 4.82. The van der Waals surface area contributed by atoms with E-state index in [1.807, 2.05) is 0 Å². The van der Waals surface area contributed by atoms with Crippen molar-refractivity contribution in [1.82, 2.24) is 14.8 Å². The van der Waals surface area contributed by atoms with E-state index in [0.717, 1.165) is 0 Å². The van der Waals surface area contributed by atoms with Gasteiger partial charge in [0.25, 0.3) is 5.91 Å². The number of alkyl halides is 1. The van der Waals surface area contributed by atoms with E-state index in [2.05, 4.69) is 15.4 Å². The quantitative estimate of drug-likeness (QED) is 0.715. The number of carbonyl (C=O) groups is 1. The molecule has 28 heavy (non-hydrogen) atoms. The summed E-state index contributed by atoms with van der Waals surface area (Å²) in [7, 11) is 1.74. The summed E-state index contributed by atoms with van der Waals surface area (Å²) < 4.78 is 26.5. The lowest BCUT2D eigenvalue weighted by molar-refractivity contribution is -0.0393. The van der Waals surface area contributed by atoms with Crippen LogP contribution in [0.4, 0.5) is 10.1 Å². The molecular formula is C19H19FN4O4. The molecule has 1 fully saturated rings. The molecule has 9 heteroatoms. The van der Waals surface area contributed by atoms with Crippen molar-refractivity contribution < 1.29 is 23.8 Å². The zero-order valence-electron chi connectivity index (χ0n) is 15.1. The Balaban J connectivity index is 1.57. The van der Waals surface area contributed by atoms with E-state index in [1.54, 1.807) is 29.9 Å². The molecule has 2 N–H and O–H groups in total. The number of hydrogen-bond donors (Lipinski definition) is 2. The van der Waals surface area contributed by atoms with Gasteiger partial charge in [0.05, 0.1) is 24.1 Å². The fourth-order valence-electron chi connectivity index (χ4n) is 3.11. The molecule has 8 nitrogen and oxygen atoms in total. The molecule has 1 unspecified atom stereocenters. The number of nitrogens with one attached hydrogen (secondary N) is 1. The lowest BCUT2D eigenvalue weighted by Gasteiger charge is -2.25. The summed E-state index contributed by atoms with van der Waals surface area (Å²) in [6.07, 6.45) is 0.0894. The summed E-state index contributed by atoms with van der Waals surface area (Å²) >= 11 is 0. The van der Waals surface area contributed by atoms with E-state index in [0.29, 0.717) is 35.5 Å². The number of pyridine rings is 1. The molecule has 1 aliphatic heterocycles. The normalized spacial score (nSPS) is 19.5. The smallest absolute Gasteiger partial charge is 0.278 e. The number of hydrogen-bond acceptors (Lipinski definition) is 6. The second-order valence-corrected chi connectivity index (χ2v) is 6.52. The maximum Gasteiger partial charge on any atom is 0.278 e. The number of halogens is 1. The summed E-state index contributed by atoms with van der Waals surface area (Å²) in [5.74, 6) is -0.389. The van der Waals surface area contributed by atoms with E-state index < -0.39 is 18.2 Å². The molecule has 0 radical (unpaired) electrons. The van der Waals surface area contributed by atoms with Crippen LogP contribution in [0.5, 0.6) is 11.6 Å². The van der Waals surface area contributed by atoms with E-state index in [4.69, 9.17) is 9.47 Å². The van der Waals surface area contributed by atoms with Crippen molar-refractivity contribution in [2.75, 3.05) is 18.5 Å². The second kappa shape index (κ2) is 7.43. The molecule has 3 aromatic rings. The van der Waals surface area contributed by atoms with Crippen LogP contribution in [0.25, 0.3) is 10.9 Å². The molecule has 0 aliphatic carbocycles. The van der Waals surface area contributed by atoms with Crippen molar-refractivity contribution in [1.29, 1.82) is 0 Å². The zero-order valence-corrected chi connectivity index (χ0v) is 15.1. The number of anilines is 1. The summed E-state index contributed by atoms with van der Waals surface area (Å²) in [6.45, 7) is 0.471. The predicted octanol–water partition coefficient (Wildman–Crippen LogP) is 2.43. The number of aryl methyl sites for hydroxylation is 1. The molecule has 0 bridgehead atoms. The molecule has 0 saturated carbocycles. The Morgan fingerprint density at radius 3 is 3.07 bits per heavy atom. The van der Waals surface area contributed by atoms with E-state index in [1.165, 1.54) is 18.3 Å². The molecule has 0 spiro atoms. The van der Waals surface area contributed by atoms with Crippen LogP contribution in [-0.4, -0.2) is 51.3 Å². The summed E-state index contributed by atoms with van der Waals surface area (Å²) in [5.41, 5.74) is 1.15. The number of rotatable bonds is 4. The first-order valence-corrected chi connectivity index (χ1v) is 8.83. The predicted molar refractivity (Wildman–Crippen MR) is 99.3 cm³/mol. The van der Waals surface area contributed by atoms with Crippen LogP contribution in [0.2, 0.25) is 0 Å². The first kappa shape index (κ1) is 18.2. The molecule has 4 rings (SSSR count). The van der Waals surface area contributed by atoms with Crippen molar-refractivity contribution in [3.05, 3.63) is 42.2 Å². The lowest BCUT2D eigenvalue weighted by atomic mass is 10.1. The molecule has 146 valence electrons. The number of aromatic nitrogens is 3. The highest BCUT2D eigenvalue weighted by Crippen LogP contribution is 2.30. The Labute approximate surface area is 159 Å². The van der Waals surface area contributed by atoms with Gasteiger partial charge in [-0.1, -0.05) is 0 Å². The highest BCUT2D eigenvalue weighted by Gasteiger charge is 2.28. The number of carbonyl (C=O) groups excluding carboxylic acids is 1. The number of ether oxygens (including phenoxy) is 2. The van der Waals surface area contributed by atoms with Crippen LogP contribution in [0.15, 0.2) is 36.5 Å². The maximum atomic E-state index is 14.0. The van der Waals surface area contributed by atoms with Crippen molar-refractivity contribution in [3.63, 3.8) is 0 Å². The number of amides is 1. The van der Waals surface area contributed by atoms with Gasteiger partial charge in [0.2, 0.25) is 5.88 Å². The standard InChI is InChI=1S/C19H19FN4O4/c1-24-14-9-11(22-18(26)17-15(25)3-2-7-21-17)4-5-12(14)19(23-24)28-16-6-8-27-10-13(16)20/h2-5,7,9,13,16,25H,6,8,10H2,1H3,(H,22,26)/t13-,16?/m1/s1. The molecule has 1 aromatic carbocycles. The highest BCUT2D eigenvalue weighted by atomic mass is 19.1. The first-order chi connectivity index (χ1) is 13.5. The average molecular weight is 386 g/mol. The van der Waals surface area contributed by atoms with Gasteiger partial charge in [-0.25, -0.2) is 9.37 Å². The van der Waals surface area contributed by atoms with Gasteiger partial charge in [-0.15, -0.1) is 5.10 Å². The minimum atomic E-state index is -1.20. The Hall–Kier alpha value is -3.20. The highest BCUT2D eigenvalue weighted by molar-refractivity contribution is 6.05. The van der Waals surface area contributed by atoms with Crippen molar-refractivity contribution in [3.8, 4) is 11.6 Å². The van der Waals surface area contributed by atoms with Crippen LogP contribution in [0.1, 0.15) is 16.9 Å². The van der Waals surface area contributed by atoms with Crippen molar-refractivity contribution in [2.45, 2.75) is 18.7 Å². The maximum absolute atomic E-state index is 14.0. The number of fused-ring (bicyclic) bond motifs is 1. The molecule has 1 saturated heterocycles. The molecule has 3 heterocycles. The van der Waals surface area contributed by atoms with Gasteiger partial charge in [-0.2, -0.15) is 0 Å². The largest absolute Gasteiger partial charge is 0.505 e. The van der Waals surface area contributed by atoms with Gasteiger partial charge in [0, 0.05) is 25.4 Å². The number of nitrogens with zero attached hydrogens (tertiary/aromatic N) is 3. The molecule has 2 aromatic heterocycles. The van der Waals surface area contributed by atoms with Gasteiger partial charge in [-0.05, 0) is 30.3 Å². The topological polar surface area (TPSA) is 98.5 Å². The van der Waals surface area contributed by atoms with Crippen molar-refractivity contribution in [2.24, 2.45) is 7.05 Å². The minimum absolute atomic E-state index is 0.0198. The van der Waals surface area contributed by atoms with E-state index in [-0.39, 0.29) is 18.1 Å². The summed E-state index contributed by atoms with van der Waals surface area (Å²) in [5, 5.41) is 17.5. The molecule has 1 aliphatic rings.